The zero-order valence-electron chi connectivity index (χ0n) is 13.3. The monoisotopic (exact) mass is 270 g/mol. The van der Waals surface area contributed by atoms with E-state index in [9.17, 15) is 4.79 Å². The van der Waals surface area contributed by atoms with Crippen molar-refractivity contribution >= 4 is 5.91 Å². The van der Waals surface area contributed by atoms with Crippen LogP contribution in [0.5, 0.6) is 0 Å². The molecular formula is C16H34N2O. The Morgan fingerprint density at radius 1 is 0.895 bits per heavy atom. The molecule has 0 bridgehead atoms. The minimum absolute atomic E-state index is 0.232. The molecule has 0 aromatic carbocycles. The Bertz CT molecular complexity index is 203. The van der Waals surface area contributed by atoms with Crippen LogP contribution in [-0.2, 0) is 4.79 Å². The largest absolute Gasteiger partial charge is 0.356 e. The summed E-state index contributed by atoms with van der Waals surface area (Å²) in [5, 5.41) is 3.02. The predicted molar refractivity (Wildman–Crippen MR) is 83.4 cm³/mol. The summed E-state index contributed by atoms with van der Waals surface area (Å²) in [4.78, 5) is 14.0. The molecule has 0 aromatic heterocycles. The number of nitrogens with one attached hydrogen (secondary N) is 1. The van der Waals surface area contributed by atoms with E-state index in [4.69, 9.17) is 0 Å². The van der Waals surface area contributed by atoms with Crippen molar-refractivity contribution in [2.45, 2.75) is 72.1 Å². The highest BCUT2D eigenvalue weighted by atomic mass is 16.1. The van der Waals surface area contributed by atoms with Crippen LogP contribution in [0.25, 0.3) is 0 Å². The fourth-order valence-electron chi connectivity index (χ4n) is 2.22. The van der Waals surface area contributed by atoms with Crippen LogP contribution in [0.15, 0.2) is 0 Å². The van der Waals surface area contributed by atoms with Crippen LogP contribution in [0.4, 0.5) is 0 Å². The van der Waals surface area contributed by atoms with Crippen molar-refractivity contribution in [3.05, 3.63) is 0 Å². The Morgan fingerprint density at radius 2 is 1.53 bits per heavy atom. The number of unbranched alkanes of at least 4 members (excludes halogenated alkanes) is 5. The molecule has 0 aliphatic heterocycles. The van der Waals surface area contributed by atoms with Gasteiger partial charge in [0.1, 0.15) is 0 Å². The Balaban J connectivity index is 3.30. The average molecular weight is 270 g/mol. The van der Waals surface area contributed by atoms with Crippen molar-refractivity contribution in [1.82, 2.24) is 10.2 Å². The van der Waals surface area contributed by atoms with E-state index in [1.807, 2.05) is 0 Å². The number of amides is 1. The van der Waals surface area contributed by atoms with Gasteiger partial charge in [-0.1, -0.05) is 52.9 Å². The molecule has 0 fully saturated rings. The van der Waals surface area contributed by atoms with Gasteiger partial charge in [0.25, 0.3) is 0 Å². The molecule has 0 spiro atoms. The fourth-order valence-corrected chi connectivity index (χ4v) is 2.22. The molecule has 0 aromatic rings. The summed E-state index contributed by atoms with van der Waals surface area (Å²) in [6.45, 7) is 10.7. The molecule has 0 saturated heterocycles. The van der Waals surface area contributed by atoms with Gasteiger partial charge in [0, 0.05) is 13.0 Å². The summed E-state index contributed by atoms with van der Waals surface area (Å²) in [5.41, 5.74) is 0. The minimum Gasteiger partial charge on any atom is -0.356 e. The second kappa shape index (κ2) is 13.9. The number of hydrogen-bond donors (Lipinski definition) is 1. The van der Waals surface area contributed by atoms with Crippen LogP contribution in [0, 0.1) is 0 Å². The van der Waals surface area contributed by atoms with E-state index >= 15 is 0 Å². The van der Waals surface area contributed by atoms with E-state index in [0.29, 0.717) is 6.42 Å². The number of carbonyl (C=O) groups is 1. The molecule has 0 aliphatic carbocycles. The molecule has 0 radical (unpaired) electrons. The van der Waals surface area contributed by atoms with Crippen LogP contribution in [0.3, 0.4) is 0 Å². The Kier molecular flexibility index (Phi) is 13.4. The average Bonchev–Trinajstić information content (AvgIpc) is 2.43. The summed E-state index contributed by atoms with van der Waals surface area (Å²) >= 11 is 0. The molecule has 0 saturated carbocycles. The van der Waals surface area contributed by atoms with Gasteiger partial charge in [-0.05, 0) is 32.5 Å². The number of nitrogens with zero attached hydrogens (tertiary/aromatic N) is 1. The summed E-state index contributed by atoms with van der Waals surface area (Å²) in [6.07, 6.45) is 9.23. The van der Waals surface area contributed by atoms with Crippen molar-refractivity contribution in [2.75, 3.05) is 26.2 Å². The molecule has 0 heterocycles. The molecule has 0 atom stereocenters. The van der Waals surface area contributed by atoms with Crippen molar-refractivity contribution < 1.29 is 4.79 Å². The Hall–Kier alpha value is -0.570. The standard InChI is InChI=1S/C16H34N2O/c1-4-7-8-9-10-11-13-16(19)17-14-12-15-18(5-2)6-3/h4-15H2,1-3H3,(H,17,19). The SMILES string of the molecule is CCCCCCCCC(=O)NCCCN(CC)CC. The molecule has 3 nitrogen and oxygen atoms in total. The van der Waals surface area contributed by atoms with Gasteiger partial charge >= 0.3 is 0 Å². The minimum atomic E-state index is 0.232. The Morgan fingerprint density at radius 3 is 2.16 bits per heavy atom. The van der Waals surface area contributed by atoms with Gasteiger partial charge in [-0.3, -0.25) is 4.79 Å². The van der Waals surface area contributed by atoms with Crippen LogP contribution >= 0.6 is 0 Å². The molecule has 114 valence electrons. The fraction of sp³-hybridized carbons (Fsp3) is 0.938. The maximum atomic E-state index is 11.6. The first kappa shape index (κ1) is 18.4. The molecule has 1 N–H and O–H groups in total. The van der Waals surface area contributed by atoms with Gasteiger partial charge < -0.3 is 10.2 Å². The first-order chi connectivity index (χ1) is 9.24. The lowest BCUT2D eigenvalue weighted by atomic mass is 10.1. The van der Waals surface area contributed by atoms with E-state index in [2.05, 4.69) is 31.0 Å². The van der Waals surface area contributed by atoms with E-state index in [0.717, 1.165) is 39.0 Å². The zero-order chi connectivity index (χ0) is 14.3. The van der Waals surface area contributed by atoms with Gasteiger partial charge in [-0.25, -0.2) is 0 Å². The third kappa shape index (κ3) is 12.2. The third-order valence-electron chi connectivity index (χ3n) is 3.63. The maximum absolute atomic E-state index is 11.6. The second-order valence-corrected chi connectivity index (χ2v) is 5.25. The highest BCUT2D eigenvalue weighted by Gasteiger charge is 2.02. The molecule has 0 aliphatic rings. The molecule has 0 rings (SSSR count). The van der Waals surface area contributed by atoms with Gasteiger partial charge in [-0.2, -0.15) is 0 Å². The molecular weight excluding hydrogens is 236 g/mol. The van der Waals surface area contributed by atoms with Crippen LogP contribution in [-0.4, -0.2) is 37.0 Å². The van der Waals surface area contributed by atoms with Gasteiger partial charge in [-0.15, -0.1) is 0 Å². The van der Waals surface area contributed by atoms with E-state index in [1.165, 1.54) is 32.1 Å². The summed E-state index contributed by atoms with van der Waals surface area (Å²) < 4.78 is 0. The normalized spacial score (nSPS) is 10.9. The maximum Gasteiger partial charge on any atom is 0.219 e. The highest BCUT2D eigenvalue weighted by molar-refractivity contribution is 5.75. The van der Waals surface area contributed by atoms with Gasteiger partial charge in [0.15, 0.2) is 0 Å². The molecule has 1 amide bonds. The first-order valence-corrected chi connectivity index (χ1v) is 8.23. The zero-order valence-corrected chi connectivity index (χ0v) is 13.3. The summed E-state index contributed by atoms with van der Waals surface area (Å²) in [6, 6.07) is 0. The number of carbonyl (C=O) groups excluding carboxylic acids is 1. The van der Waals surface area contributed by atoms with Crippen LogP contribution in [0.2, 0.25) is 0 Å². The van der Waals surface area contributed by atoms with Crippen LogP contribution in [0.1, 0.15) is 72.1 Å². The van der Waals surface area contributed by atoms with E-state index in [-0.39, 0.29) is 5.91 Å². The van der Waals surface area contributed by atoms with Crippen molar-refractivity contribution in [2.24, 2.45) is 0 Å². The quantitative estimate of drug-likeness (QED) is 0.519. The lowest BCUT2D eigenvalue weighted by Crippen LogP contribution is -2.29. The van der Waals surface area contributed by atoms with Crippen molar-refractivity contribution in [1.29, 1.82) is 0 Å². The number of rotatable bonds is 13. The third-order valence-corrected chi connectivity index (χ3v) is 3.63. The topological polar surface area (TPSA) is 32.3 Å². The highest BCUT2D eigenvalue weighted by Crippen LogP contribution is 2.06. The van der Waals surface area contributed by atoms with Gasteiger partial charge in [0.05, 0.1) is 0 Å². The van der Waals surface area contributed by atoms with Crippen molar-refractivity contribution in [3.63, 3.8) is 0 Å². The summed E-state index contributed by atoms with van der Waals surface area (Å²) in [7, 11) is 0. The smallest absolute Gasteiger partial charge is 0.219 e. The van der Waals surface area contributed by atoms with Crippen molar-refractivity contribution in [3.8, 4) is 0 Å². The van der Waals surface area contributed by atoms with Gasteiger partial charge in [0.2, 0.25) is 5.91 Å². The lowest BCUT2D eigenvalue weighted by molar-refractivity contribution is -0.121. The molecule has 19 heavy (non-hydrogen) atoms. The number of hydrogen-bond acceptors (Lipinski definition) is 2. The van der Waals surface area contributed by atoms with Crippen LogP contribution < -0.4 is 5.32 Å². The first-order valence-electron chi connectivity index (χ1n) is 8.23. The lowest BCUT2D eigenvalue weighted by Gasteiger charge is -2.17. The van der Waals surface area contributed by atoms with E-state index < -0.39 is 0 Å². The molecule has 0 unspecified atom stereocenters. The molecule has 3 heteroatoms. The predicted octanol–water partition coefficient (Wildman–Crippen LogP) is 3.59. The second-order valence-electron chi connectivity index (χ2n) is 5.25. The Labute approximate surface area is 120 Å². The van der Waals surface area contributed by atoms with E-state index in [1.54, 1.807) is 0 Å². The summed E-state index contributed by atoms with van der Waals surface area (Å²) in [5.74, 6) is 0.232.